The van der Waals surface area contributed by atoms with Gasteiger partial charge in [-0.05, 0) is 12.8 Å². The monoisotopic (exact) mass is 303 g/mol. The summed E-state index contributed by atoms with van der Waals surface area (Å²) < 4.78 is 5.19. The highest BCUT2D eigenvalue weighted by molar-refractivity contribution is 8.01. The van der Waals surface area contributed by atoms with Gasteiger partial charge in [0.2, 0.25) is 0 Å². The lowest BCUT2D eigenvalue weighted by molar-refractivity contribution is -0.143. The first kappa shape index (κ1) is 16.8. The lowest BCUT2D eigenvalue weighted by Gasteiger charge is -2.25. The molecule has 1 aliphatic rings. The van der Waals surface area contributed by atoms with E-state index in [2.05, 4.69) is 23.1 Å². The summed E-state index contributed by atoms with van der Waals surface area (Å²) in [6.07, 6.45) is 3.49. The zero-order valence-corrected chi connectivity index (χ0v) is 12.5. The summed E-state index contributed by atoms with van der Waals surface area (Å²) >= 11 is 1.14. The number of hydrazine groups is 1. The van der Waals surface area contributed by atoms with Crippen LogP contribution in [0.5, 0.6) is 0 Å². The van der Waals surface area contributed by atoms with Gasteiger partial charge < -0.3 is 4.74 Å². The molecular weight excluding hydrogens is 282 g/mol. The van der Waals surface area contributed by atoms with E-state index < -0.39 is 22.6 Å². The molecule has 1 rings (SSSR count). The standard InChI is InChI=1S/C12H21N3O4S/c1-3-5-6-7-19-11(17)8(4-2)20-10-9(16)13-12(18)15-14-10/h8,10,14H,3-7H2,1-2H3,(H2,13,15,16,18). The van der Waals surface area contributed by atoms with Gasteiger partial charge in [0.1, 0.15) is 5.25 Å². The van der Waals surface area contributed by atoms with Gasteiger partial charge in [-0.15, -0.1) is 11.8 Å². The zero-order chi connectivity index (χ0) is 15.0. The predicted octanol–water partition coefficient (Wildman–Crippen LogP) is 0.902. The van der Waals surface area contributed by atoms with Crippen LogP contribution < -0.4 is 16.2 Å². The van der Waals surface area contributed by atoms with Gasteiger partial charge in [0.15, 0.2) is 5.37 Å². The number of unbranched alkanes of at least 4 members (excludes halogenated alkanes) is 2. The highest BCUT2D eigenvalue weighted by atomic mass is 32.2. The highest BCUT2D eigenvalue weighted by Gasteiger charge is 2.31. The van der Waals surface area contributed by atoms with Crippen molar-refractivity contribution in [3.8, 4) is 0 Å². The third-order valence-electron chi connectivity index (χ3n) is 2.72. The molecule has 1 fully saturated rings. The van der Waals surface area contributed by atoms with Crippen LogP contribution in [0.1, 0.15) is 39.5 Å². The minimum atomic E-state index is -0.694. The molecule has 114 valence electrons. The van der Waals surface area contributed by atoms with Gasteiger partial charge in [-0.3, -0.25) is 20.3 Å². The van der Waals surface area contributed by atoms with E-state index in [4.69, 9.17) is 4.74 Å². The number of amides is 3. The quantitative estimate of drug-likeness (QED) is 0.455. The van der Waals surface area contributed by atoms with Crippen molar-refractivity contribution in [1.82, 2.24) is 16.2 Å². The van der Waals surface area contributed by atoms with Crippen LogP contribution in [-0.2, 0) is 14.3 Å². The van der Waals surface area contributed by atoms with Gasteiger partial charge in [-0.2, -0.15) is 0 Å². The van der Waals surface area contributed by atoms with Crippen LogP contribution in [-0.4, -0.2) is 35.1 Å². The van der Waals surface area contributed by atoms with E-state index in [1.54, 1.807) is 0 Å². The molecule has 20 heavy (non-hydrogen) atoms. The number of imide groups is 1. The second-order valence-electron chi connectivity index (χ2n) is 4.38. The third kappa shape index (κ3) is 5.38. The summed E-state index contributed by atoms with van der Waals surface area (Å²) in [6, 6.07) is -0.595. The number of thioether (sulfide) groups is 1. The van der Waals surface area contributed by atoms with Crippen LogP contribution in [0, 0.1) is 0 Å². The molecule has 0 aromatic heterocycles. The molecule has 3 amide bonds. The first-order chi connectivity index (χ1) is 9.58. The molecule has 0 aromatic rings. The smallest absolute Gasteiger partial charge is 0.335 e. The first-order valence-electron chi connectivity index (χ1n) is 6.77. The minimum absolute atomic E-state index is 0.319. The molecule has 2 atom stereocenters. The number of esters is 1. The minimum Gasteiger partial charge on any atom is -0.465 e. The summed E-state index contributed by atoms with van der Waals surface area (Å²) in [5.41, 5.74) is 4.86. The number of hydrogen-bond donors (Lipinski definition) is 3. The van der Waals surface area contributed by atoms with Crippen molar-refractivity contribution in [1.29, 1.82) is 0 Å². The summed E-state index contributed by atoms with van der Waals surface area (Å²) in [4.78, 5) is 34.4. The van der Waals surface area contributed by atoms with E-state index in [0.717, 1.165) is 31.0 Å². The van der Waals surface area contributed by atoms with Crippen molar-refractivity contribution in [3.05, 3.63) is 0 Å². The number of carbonyl (C=O) groups excluding carboxylic acids is 3. The van der Waals surface area contributed by atoms with Gasteiger partial charge in [-0.1, -0.05) is 26.7 Å². The molecule has 0 radical (unpaired) electrons. The molecule has 0 bridgehead atoms. The van der Waals surface area contributed by atoms with E-state index in [1.165, 1.54) is 0 Å². The first-order valence-corrected chi connectivity index (χ1v) is 7.71. The van der Waals surface area contributed by atoms with E-state index >= 15 is 0 Å². The Labute approximate surface area is 122 Å². The van der Waals surface area contributed by atoms with Crippen LogP contribution in [0.3, 0.4) is 0 Å². The molecule has 3 N–H and O–H groups in total. The molecular formula is C12H21N3O4S. The number of urea groups is 1. The van der Waals surface area contributed by atoms with Crippen LogP contribution in [0.4, 0.5) is 4.79 Å². The molecule has 1 saturated heterocycles. The number of carbonyl (C=O) groups is 3. The molecule has 0 aromatic carbocycles. The van der Waals surface area contributed by atoms with Gasteiger partial charge >= 0.3 is 12.0 Å². The molecule has 8 heteroatoms. The molecule has 1 aliphatic heterocycles. The fourth-order valence-corrected chi connectivity index (χ4v) is 2.61. The van der Waals surface area contributed by atoms with Crippen molar-refractivity contribution in [2.24, 2.45) is 0 Å². The summed E-state index contributed by atoms with van der Waals surface area (Å²) in [5.74, 6) is -0.781. The molecule has 1 heterocycles. The Kier molecular flexibility index (Phi) is 7.38. The van der Waals surface area contributed by atoms with Gasteiger partial charge in [0.05, 0.1) is 6.61 Å². The van der Waals surface area contributed by atoms with Crippen molar-refractivity contribution >= 4 is 29.7 Å². The fraction of sp³-hybridized carbons (Fsp3) is 0.750. The highest BCUT2D eigenvalue weighted by Crippen LogP contribution is 2.21. The zero-order valence-electron chi connectivity index (χ0n) is 11.7. The van der Waals surface area contributed by atoms with Crippen LogP contribution in [0.25, 0.3) is 0 Å². The Balaban J connectivity index is 2.39. The maximum Gasteiger partial charge on any atom is 0.335 e. The van der Waals surface area contributed by atoms with E-state index in [-0.39, 0.29) is 5.97 Å². The molecule has 0 spiro atoms. The second-order valence-corrected chi connectivity index (χ2v) is 5.69. The van der Waals surface area contributed by atoms with Crippen LogP contribution in [0.2, 0.25) is 0 Å². The Morgan fingerprint density at radius 1 is 1.35 bits per heavy atom. The maximum absolute atomic E-state index is 11.9. The number of hydrogen-bond acceptors (Lipinski definition) is 6. The van der Waals surface area contributed by atoms with Gasteiger partial charge in [0.25, 0.3) is 5.91 Å². The summed E-state index contributed by atoms with van der Waals surface area (Å²) in [5, 5.41) is 1.00. The SMILES string of the molecule is CCCCCOC(=O)C(CC)SC1NNC(=O)NC1=O. The largest absolute Gasteiger partial charge is 0.465 e. The lowest BCUT2D eigenvalue weighted by Crippen LogP contribution is -2.61. The summed E-state index contributed by atoms with van der Waals surface area (Å²) in [7, 11) is 0. The van der Waals surface area contributed by atoms with Crippen LogP contribution >= 0.6 is 11.8 Å². The van der Waals surface area contributed by atoms with Crippen molar-refractivity contribution in [2.45, 2.75) is 50.2 Å². The van der Waals surface area contributed by atoms with Crippen molar-refractivity contribution < 1.29 is 19.1 Å². The van der Waals surface area contributed by atoms with Crippen molar-refractivity contribution in [2.75, 3.05) is 6.61 Å². The van der Waals surface area contributed by atoms with Crippen LogP contribution in [0.15, 0.2) is 0 Å². The average molecular weight is 303 g/mol. The Morgan fingerprint density at radius 2 is 2.10 bits per heavy atom. The normalized spacial score (nSPS) is 20.0. The van der Waals surface area contributed by atoms with Crippen molar-refractivity contribution in [3.63, 3.8) is 0 Å². The third-order valence-corrected chi connectivity index (χ3v) is 4.18. The number of ether oxygens (including phenoxy) is 1. The fourth-order valence-electron chi connectivity index (χ4n) is 1.60. The lowest BCUT2D eigenvalue weighted by atomic mass is 10.3. The Bertz CT molecular complexity index is 365. The van der Waals surface area contributed by atoms with E-state index in [9.17, 15) is 14.4 Å². The Morgan fingerprint density at radius 3 is 2.70 bits per heavy atom. The maximum atomic E-state index is 11.9. The average Bonchev–Trinajstić information content (AvgIpc) is 2.42. The predicted molar refractivity (Wildman–Crippen MR) is 75.8 cm³/mol. The molecule has 0 aliphatic carbocycles. The van der Waals surface area contributed by atoms with Gasteiger partial charge in [0, 0.05) is 0 Å². The Hall–Kier alpha value is -1.28. The van der Waals surface area contributed by atoms with E-state index in [1.807, 2.05) is 6.92 Å². The summed E-state index contributed by atoms with van der Waals surface area (Å²) in [6.45, 7) is 4.34. The van der Waals surface area contributed by atoms with Gasteiger partial charge in [-0.25, -0.2) is 10.2 Å². The number of nitrogens with one attached hydrogen (secondary N) is 3. The molecule has 0 saturated carbocycles. The topological polar surface area (TPSA) is 96.5 Å². The number of rotatable bonds is 8. The second kappa shape index (κ2) is 8.80. The molecule has 7 nitrogen and oxygen atoms in total. The molecule has 2 unspecified atom stereocenters. The van der Waals surface area contributed by atoms with E-state index in [0.29, 0.717) is 13.0 Å².